The third kappa shape index (κ3) is 3.69. The number of aliphatic imine (C=N–C) groups is 1. The van der Waals surface area contributed by atoms with E-state index in [0.29, 0.717) is 6.61 Å². The zero-order chi connectivity index (χ0) is 17.8. The lowest BCUT2D eigenvalue weighted by atomic mass is 10.0. The molecule has 26 heavy (non-hydrogen) atoms. The predicted molar refractivity (Wildman–Crippen MR) is 106 cm³/mol. The van der Waals surface area contributed by atoms with Gasteiger partial charge in [-0.3, -0.25) is 0 Å². The van der Waals surface area contributed by atoms with Gasteiger partial charge in [0.05, 0.1) is 18.0 Å². The Labute approximate surface area is 155 Å². The Morgan fingerprint density at radius 2 is 2.00 bits per heavy atom. The van der Waals surface area contributed by atoms with E-state index in [0.717, 1.165) is 35.7 Å². The van der Waals surface area contributed by atoms with Gasteiger partial charge in [0.15, 0.2) is 0 Å². The number of nitrogens with zero attached hydrogens (tertiary/aromatic N) is 1. The first-order valence-electron chi connectivity index (χ1n) is 9.83. The smallest absolute Gasteiger partial charge is 0.147 e. The normalized spacial score (nSPS) is 19.3. The van der Waals surface area contributed by atoms with Gasteiger partial charge in [-0.15, -0.1) is 0 Å². The third-order valence-electron chi connectivity index (χ3n) is 5.10. The van der Waals surface area contributed by atoms with Crippen molar-refractivity contribution in [3.63, 3.8) is 0 Å². The molecule has 0 atom stereocenters. The number of hydrogen-bond donors (Lipinski definition) is 2. The van der Waals surface area contributed by atoms with Gasteiger partial charge in [-0.2, -0.15) is 0 Å². The summed E-state index contributed by atoms with van der Waals surface area (Å²) in [4.78, 5) is 11.7. The van der Waals surface area contributed by atoms with Crippen LogP contribution in [0.4, 0.5) is 0 Å². The summed E-state index contributed by atoms with van der Waals surface area (Å²) in [6, 6.07) is 6.38. The Kier molecular flexibility index (Phi) is 5.09. The molecule has 0 amide bonds. The van der Waals surface area contributed by atoms with Crippen LogP contribution in [0.3, 0.4) is 0 Å². The molecule has 3 heterocycles. The van der Waals surface area contributed by atoms with Crippen LogP contribution in [0.15, 0.2) is 46.9 Å². The SMILES string of the molecule is CCOC1=CC(c2ccc[nH]2)=NC1=Cc1[nH]c2cc1CCCCCCC2. The molecule has 0 unspecified atom stereocenters. The molecule has 0 saturated heterocycles. The first-order chi connectivity index (χ1) is 12.8. The van der Waals surface area contributed by atoms with Crippen molar-refractivity contribution in [3.05, 3.63) is 64.6 Å². The van der Waals surface area contributed by atoms with Crippen LogP contribution < -0.4 is 0 Å². The van der Waals surface area contributed by atoms with E-state index in [9.17, 15) is 0 Å². The van der Waals surface area contributed by atoms with E-state index < -0.39 is 0 Å². The van der Waals surface area contributed by atoms with E-state index in [2.05, 4.69) is 22.1 Å². The zero-order valence-electron chi connectivity index (χ0n) is 15.5. The second-order valence-corrected chi connectivity index (χ2v) is 7.05. The van der Waals surface area contributed by atoms with Crippen molar-refractivity contribution in [2.24, 2.45) is 4.99 Å². The first kappa shape index (κ1) is 17.0. The Balaban J connectivity index is 1.67. The number of hydrogen-bond acceptors (Lipinski definition) is 2. The molecule has 2 N–H and O–H groups in total. The highest BCUT2D eigenvalue weighted by atomic mass is 16.5. The standard InChI is InChI=1S/C22H27N3O/c1-2-26-22-15-20(18-11-8-12-23-18)25-21(22)14-19-16-9-6-4-3-5-7-10-17(13-16)24-19/h8,11-15,23-24H,2-7,9-10H2,1H3. The number of rotatable bonds is 4. The summed E-state index contributed by atoms with van der Waals surface area (Å²) in [5.74, 6) is 0.850. The maximum atomic E-state index is 5.85. The number of aryl methyl sites for hydroxylation is 2. The quantitative estimate of drug-likeness (QED) is 0.787. The largest absolute Gasteiger partial charge is 0.492 e. The molecule has 0 radical (unpaired) electrons. The van der Waals surface area contributed by atoms with E-state index in [4.69, 9.17) is 9.73 Å². The number of nitrogens with one attached hydrogen (secondary N) is 2. The minimum absolute atomic E-state index is 0.638. The summed E-state index contributed by atoms with van der Waals surface area (Å²) in [6.07, 6.45) is 14.9. The topological polar surface area (TPSA) is 53.2 Å². The van der Waals surface area contributed by atoms with Crippen LogP contribution in [-0.4, -0.2) is 22.3 Å². The molecular weight excluding hydrogens is 322 g/mol. The molecule has 2 aromatic heterocycles. The molecule has 136 valence electrons. The van der Waals surface area contributed by atoms with Crippen LogP contribution in [0.1, 0.15) is 61.7 Å². The fourth-order valence-electron chi connectivity index (χ4n) is 3.76. The number of aromatic nitrogens is 2. The van der Waals surface area contributed by atoms with Crippen molar-refractivity contribution >= 4 is 11.8 Å². The van der Waals surface area contributed by atoms with Crippen molar-refractivity contribution < 1.29 is 4.74 Å². The van der Waals surface area contributed by atoms with Gasteiger partial charge in [-0.25, -0.2) is 4.99 Å². The Morgan fingerprint density at radius 3 is 2.81 bits per heavy atom. The summed E-state index contributed by atoms with van der Waals surface area (Å²) in [5, 5.41) is 0. The summed E-state index contributed by atoms with van der Waals surface area (Å²) in [6.45, 7) is 2.65. The first-order valence-corrected chi connectivity index (χ1v) is 9.83. The van der Waals surface area contributed by atoms with E-state index in [1.54, 1.807) is 0 Å². The van der Waals surface area contributed by atoms with Gasteiger partial charge >= 0.3 is 0 Å². The molecule has 4 rings (SSSR count). The maximum Gasteiger partial charge on any atom is 0.147 e. The molecule has 0 saturated carbocycles. The molecule has 2 aromatic rings. The molecule has 1 aliphatic heterocycles. The van der Waals surface area contributed by atoms with Crippen LogP contribution >= 0.6 is 0 Å². The van der Waals surface area contributed by atoms with E-state index in [1.165, 1.54) is 49.1 Å². The van der Waals surface area contributed by atoms with Gasteiger partial charge in [0.1, 0.15) is 11.5 Å². The molecule has 4 nitrogen and oxygen atoms in total. The van der Waals surface area contributed by atoms with Crippen LogP contribution in [0.2, 0.25) is 0 Å². The van der Waals surface area contributed by atoms with Gasteiger partial charge in [-0.1, -0.05) is 19.3 Å². The van der Waals surface area contributed by atoms with E-state index in [1.807, 2.05) is 31.3 Å². The van der Waals surface area contributed by atoms with Crippen molar-refractivity contribution in [1.82, 2.24) is 9.97 Å². The molecule has 2 bridgehead atoms. The zero-order valence-corrected chi connectivity index (χ0v) is 15.5. The number of aromatic amines is 2. The molecule has 4 heteroatoms. The number of fused-ring (bicyclic) bond motifs is 2. The third-order valence-corrected chi connectivity index (χ3v) is 5.10. The average molecular weight is 349 g/mol. The van der Waals surface area contributed by atoms with Crippen molar-refractivity contribution in [1.29, 1.82) is 0 Å². The fourth-order valence-corrected chi connectivity index (χ4v) is 3.76. The van der Waals surface area contributed by atoms with Crippen molar-refractivity contribution in [3.8, 4) is 0 Å². The van der Waals surface area contributed by atoms with Gasteiger partial charge in [-0.05, 0) is 62.4 Å². The van der Waals surface area contributed by atoms with Crippen LogP contribution in [0.5, 0.6) is 0 Å². The highest BCUT2D eigenvalue weighted by Gasteiger charge is 2.19. The van der Waals surface area contributed by atoms with Crippen molar-refractivity contribution in [2.45, 2.75) is 51.9 Å². The summed E-state index contributed by atoms with van der Waals surface area (Å²) >= 11 is 0. The summed E-state index contributed by atoms with van der Waals surface area (Å²) in [5.41, 5.74) is 6.80. The van der Waals surface area contributed by atoms with Gasteiger partial charge in [0.25, 0.3) is 0 Å². The highest BCUT2D eigenvalue weighted by Crippen LogP contribution is 2.27. The monoisotopic (exact) mass is 349 g/mol. The lowest BCUT2D eigenvalue weighted by Gasteiger charge is -2.05. The highest BCUT2D eigenvalue weighted by molar-refractivity contribution is 6.11. The minimum atomic E-state index is 0.638. The number of ether oxygens (including phenoxy) is 1. The Morgan fingerprint density at radius 1 is 1.15 bits per heavy atom. The summed E-state index contributed by atoms with van der Waals surface area (Å²) in [7, 11) is 0. The van der Waals surface area contributed by atoms with E-state index in [-0.39, 0.29) is 0 Å². The number of allylic oxidation sites excluding steroid dienone is 1. The Hall–Kier alpha value is -2.49. The summed E-state index contributed by atoms with van der Waals surface area (Å²) < 4.78 is 5.85. The fraction of sp³-hybridized carbons (Fsp3) is 0.409. The minimum Gasteiger partial charge on any atom is -0.492 e. The Bertz CT molecular complexity index is 837. The van der Waals surface area contributed by atoms with Gasteiger partial charge < -0.3 is 14.7 Å². The molecular formula is C22H27N3O. The lowest BCUT2D eigenvalue weighted by molar-refractivity contribution is 0.239. The van der Waals surface area contributed by atoms with Gasteiger partial charge in [0.2, 0.25) is 0 Å². The predicted octanol–water partition coefficient (Wildman–Crippen LogP) is 5.16. The molecule has 1 aliphatic carbocycles. The molecule has 2 aliphatic rings. The van der Waals surface area contributed by atoms with Crippen LogP contribution in [0, 0.1) is 0 Å². The molecule has 0 spiro atoms. The second kappa shape index (κ2) is 7.81. The number of H-pyrrole nitrogens is 2. The van der Waals surface area contributed by atoms with E-state index >= 15 is 0 Å². The lowest BCUT2D eigenvalue weighted by Crippen LogP contribution is -1.94. The van der Waals surface area contributed by atoms with Crippen LogP contribution in [-0.2, 0) is 17.6 Å². The van der Waals surface area contributed by atoms with Crippen molar-refractivity contribution in [2.75, 3.05) is 6.61 Å². The second-order valence-electron chi connectivity index (χ2n) is 7.05. The van der Waals surface area contributed by atoms with Crippen LogP contribution in [0.25, 0.3) is 6.08 Å². The average Bonchev–Trinajstić information content (AvgIpc) is 3.36. The van der Waals surface area contributed by atoms with Gasteiger partial charge in [0, 0.05) is 23.7 Å². The molecule has 0 aromatic carbocycles. The maximum absolute atomic E-state index is 5.85. The molecule has 0 fully saturated rings.